The zero-order valence-corrected chi connectivity index (χ0v) is 21.3. The van der Waals surface area contributed by atoms with Crippen molar-refractivity contribution < 1.29 is 9.53 Å². The van der Waals surface area contributed by atoms with Crippen LogP contribution < -0.4 is 4.74 Å². The van der Waals surface area contributed by atoms with Crippen LogP contribution in [0.2, 0.25) is 0 Å². The number of fused-ring (bicyclic) bond motifs is 1. The van der Waals surface area contributed by atoms with Gasteiger partial charge in [-0.05, 0) is 81.0 Å². The molecule has 1 aromatic carbocycles. The molecule has 0 spiro atoms. The van der Waals surface area contributed by atoms with Gasteiger partial charge in [-0.15, -0.1) is 0 Å². The van der Waals surface area contributed by atoms with Crippen LogP contribution in [0.4, 0.5) is 0 Å². The van der Waals surface area contributed by atoms with Gasteiger partial charge in [0.25, 0.3) is 5.91 Å². The maximum absolute atomic E-state index is 13.5. The van der Waals surface area contributed by atoms with E-state index in [1.54, 1.807) is 19.4 Å². The fourth-order valence-electron chi connectivity index (χ4n) is 6.45. The highest BCUT2D eigenvalue weighted by molar-refractivity contribution is 6.03. The summed E-state index contributed by atoms with van der Waals surface area (Å²) in [5, 5.41) is 1.12. The van der Waals surface area contributed by atoms with Gasteiger partial charge in [-0.2, -0.15) is 0 Å². The molecular formula is C30H39N3O2. The SMILES string of the molecule is COc1ccc2c(c1)c(CCN1CCCCC1CC1CCCCC1)c(C)n2C(=O)c1ccccn1. The zero-order valence-electron chi connectivity index (χ0n) is 21.3. The third kappa shape index (κ3) is 5.16. The molecule has 0 amide bonds. The van der Waals surface area contributed by atoms with Gasteiger partial charge in [-0.25, -0.2) is 0 Å². The van der Waals surface area contributed by atoms with Crippen LogP contribution in [0.1, 0.15) is 79.5 Å². The fourth-order valence-corrected chi connectivity index (χ4v) is 6.45. The minimum atomic E-state index is -0.0716. The number of piperidine rings is 1. The molecule has 1 aliphatic heterocycles. The van der Waals surface area contributed by atoms with E-state index in [1.807, 2.05) is 28.8 Å². The standard InChI is InChI=1S/C30H39N3O2/c1-22-26(16-19-32-18-9-7-12-24(32)20-23-10-4-3-5-11-23)27-21-25(35-2)14-15-29(27)33(22)30(34)28-13-6-8-17-31-28/h6,8,13-15,17,21,23-24H,3-5,7,9-12,16,18-20H2,1-2H3. The molecule has 5 rings (SSSR count). The Bertz CT molecular complexity index is 1150. The van der Waals surface area contributed by atoms with Gasteiger partial charge in [0.15, 0.2) is 0 Å². The summed E-state index contributed by atoms with van der Waals surface area (Å²) in [5.74, 6) is 1.67. The van der Waals surface area contributed by atoms with Crippen molar-refractivity contribution in [3.05, 3.63) is 59.5 Å². The third-order valence-electron chi connectivity index (χ3n) is 8.36. The number of carbonyl (C=O) groups is 1. The molecule has 186 valence electrons. The maximum Gasteiger partial charge on any atom is 0.281 e. The lowest BCUT2D eigenvalue weighted by Gasteiger charge is -2.38. The van der Waals surface area contributed by atoms with Gasteiger partial charge in [0.05, 0.1) is 12.6 Å². The summed E-state index contributed by atoms with van der Waals surface area (Å²) in [7, 11) is 1.70. The van der Waals surface area contributed by atoms with Crippen molar-refractivity contribution in [2.24, 2.45) is 5.92 Å². The van der Waals surface area contributed by atoms with Crippen molar-refractivity contribution in [3.8, 4) is 5.75 Å². The highest BCUT2D eigenvalue weighted by Gasteiger charge is 2.27. The Morgan fingerprint density at radius 1 is 1.06 bits per heavy atom. The molecular weight excluding hydrogens is 434 g/mol. The third-order valence-corrected chi connectivity index (χ3v) is 8.36. The zero-order chi connectivity index (χ0) is 24.2. The molecule has 0 radical (unpaired) electrons. The van der Waals surface area contributed by atoms with Crippen LogP contribution in [0.15, 0.2) is 42.6 Å². The van der Waals surface area contributed by atoms with Crippen molar-refractivity contribution in [1.82, 2.24) is 14.5 Å². The number of pyridine rings is 1. The lowest BCUT2D eigenvalue weighted by Crippen LogP contribution is -2.42. The molecule has 3 heterocycles. The van der Waals surface area contributed by atoms with Crippen molar-refractivity contribution in [2.75, 3.05) is 20.2 Å². The van der Waals surface area contributed by atoms with Gasteiger partial charge in [-0.3, -0.25) is 14.3 Å². The molecule has 1 atom stereocenters. The van der Waals surface area contributed by atoms with Gasteiger partial charge < -0.3 is 9.64 Å². The normalized spacial score (nSPS) is 19.8. The lowest BCUT2D eigenvalue weighted by molar-refractivity contribution is 0.0957. The fraction of sp³-hybridized carbons (Fsp3) is 0.533. The predicted molar refractivity (Wildman–Crippen MR) is 141 cm³/mol. The molecule has 35 heavy (non-hydrogen) atoms. The summed E-state index contributed by atoms with van der Waals surface area (Å²) in [6.45, 7) is 4.33. The van der Waals surface area contributed by atoms with Gasteiger partial charge in [0, 0.05) is 29.9 Å². The number of ether oxygens (including phenoxy) is 1. The highest BCUT2D eigenvalue weighted by atomic mass is 16.5. The molecule has 5 heteroatoms. The number of likely N-dealkylation sites (tertiary alicyclic amines) is 1. The number of hydrogen-bond donors (Lipinski definition) is 0. The first-order valence-corrected chi connectivity index (χ1v) is 13.5. The summed E-state index contributed by atoms with van der Waals surface area (Å²) in [6.07, 6.45) is 15.1. The number of methoxy groups -OCH3 is 1. The quantitative estimate of drug-likeness (QED) is 0.398. The average molecular weight is 474 g/mol. The van der Waals surface area contributed by atoms with Gasteiger partial charge in [0.2, 0.25) is 0 Å². The van der Waals surface area contributed by atoms with E-state index in [9.17, 15) is 4.79 Å². The molecule has 1 unspecified atom stereocenters. The van der Waals surface area contributed by atoms with E-state index in [4.69, 9.17) is 4.74 Å². The summed E-state index contributed by atoms with van der Waals surface area (Å²) >= 11 is 0. The summed E-state index contributed by atoms with van der Waals surface area (Å²) < 4.78 is 7.40. The van der Waals surface area contributed by atoms with Crippen molar-refractivity contribution in [3.63, 3.8) is 0 Å². The smallest absolute Gasteiger partial charge is 0.281 e. The molecule has 2 fully saturated rings. The first kappa shape index (κ1) is 24.1. The Balaban J connectivity index is 1.42. The molecule has 1 saturated heterocycles. The molecule has 3 aromatic rings. The van der Waals surface area contributed by atoms with Crippen LogP contribution in [0.3, 0.4) is 0 Å². The monoisotopic (exact) mass is 473 g/mol. The molecule has 2 aromatic heterocycles. The van der Waals surface area contributed by atoms with Crippen LogP contribution in [0, 0.1) is 12.8 Å². The van der Waals surface area contributed by atoms with E-state index in [1.165, 1.54) is 69.9 Å². The van der Waals surface area contributed by atoms with Crippen molar-refractivity contribution >= 4 is 16.8 Å². The van der Waals surface area contributed by atoms with Crippen LogP contribution in [-0.2, 0) is 6.42 Å². The first-order valence-electron chi connectivity index (χ1n) is 13.5. The molecule has 0 N–H and O–H groups in total. The summed E-state index contributed by atoms with van der Waals surface area (Å²) in [4.78, 5) is 20.6. The summed E-state index contributed by atoms with van der Waals surface area (Å²) in [6, 6.07) is 12.3. The average Bonchev–Trinajstić information content (AvgIpc) is 3.19. The van der Waals surface area contributed by atoms with E-state index in [0.717, 1.165) is 41.2 Å². The Labute approximate surface area is 209 Å². The number of hydrogen-bond acceptors (Lipinski definition) is 4. The highest BCUT2D eigenvalue weighted by Crippen LogP contribution is 2.33. The second kappa shape index (κ2) is 10.9. The van der Waals surface area contributed by atoms with E-state index < -0.39 is 0 Å². The Kier molecular flexibility index (Phi) is 7.52. The van der Waals surface area contributed by atoms with Crippen LogP contribution >= 0.6 is 0 Å². The second-order valence-corrected chi connectivity index (χ2v) is 10.5. The Morgan fingerprint density at radius 2 is 1.89 bits per heavy atom. The Hall–Kier alpha value is -2.66. The first-order chi connectivity index (χ1) is 17.2. The van der Waals surface area contributed by atoms with Crippen LogP contribution in [-0.4, -0.2) is 46.6 Å². The van der Waals surface area contributed by atoms with Gasteiger partial charge in [0.1, 0.15) is 11.4 Å². The number of aromatic nitrogens is 2. The van der Waals surface area contributed by atoms with Crippen molar-refractivity contribution in [1.29, 1.82) is 0 Å². The molecule has 5 nitrogen and oxygen atoms in total. The largest absolute Gasteiger partial charge is 0.497 e. The molecule has 1 aliphatic carbocycles. The summed E-state index contributed by atoms with van der Waals surface area (Å²) in [5.41, 5.74) is 3.68. The van der Waals surface area contributed by atoms with Gasteiger partial charge >= 0.3 is 0 Å². The van der Waals surface area contributed by atoms with Gasteiger partial charge in [-0.1, -0.05) is 44.6 Å². The van der Waals surface area contributed by atoms with E-state index >= 15 is 0 Å². The number of benzene rings is 1. The molecule has 2 aliphatic rings. The molecule has 0 bridgehead atoms. The van der Waals surface area contributed by atoms with Crippen molar-refractivity contribution in [2.45, 2.75) is 77.2 Å². The second-order valence-electron chi connectivity index (χ2n) is 10.5. The lowest BCUT2D eigenvalue weighted by atomic mass is 9.82. The Morgan fingerprint density at radius 3 is 2.66 bits per heavy atom. The van der Waals surface area contributed by atoms with E-state index in [-0.39, 0.29) is 5.91 Å². The van der Waals surface area contributed by atoms with E-state index in [0.29, 0.717) is 11.7 Å². The predicted octanol–water partition coefficient (Wildman–Crippen LogP) is 6.41. The number of rotatable bonds is 7. The number of carbonyl (C=O) groups excluding carboxylic acids is 1. The minimum Gasteiger partial charge on any atom is -0.497 e. The van der Waals surface area contributed by atoms with E-state index in [2.05, 4.69) is 22.9 Å². The topological polar surface area (TPSA) is 47.4 Å². The number of nitrogens with zero attached hydrogens (tertiary/aromatic N) is 3. The minimum absolute atomic E-state index is 0.0716. The van der Waals surface area contributed by atoms with Crippen LogP contribution in [0.5, 0.6) is 5.75 Å². The molecule has 1 saturated carbocycles. The maximum atomic E-state index is 13.5. The van der Waals surface area contributed by atoms with Crippen LogP contribution in [0.25, 0.3) is 10.9 Å².